The summed E-state index contributed by atoms with van der Waals surface area (Å²) in [5, 5.41) is 15.9. The number of carboxylic acid groups (broad SMARTS) is 1. The number of halogens is 1. The molecule has 3 N–H and O–H groups in total. The average molecular weight is 573 g/mol. The van der Waals surface area contributed by atoms with Crippen LogP contribution in [0.15, 0.2) is 12.1 Å². The third-order valence-corrected chi connectivity index (χ3v) is 10.6. The van der Waals surface area contributed by atoms with Crippen LogP contribution in [-0.4, -0.2) is 48.7 Å². The molecule has 4 atom stereocenters. The fourth-order valence-electron chi connectivity index (χ4n) is 7.82. The summed E-state index contributed by atoms with van der Waals surface area (Å²) in [6.07, 6.45) is 10.3. The van der Waals surface area contributed by atoms with Gasteiger partial charge in [0, 0.05) is 18.7 Å². The van der Waals surface area contributed by atoms with Gasteiger partial charge in [-0.15, -0.1) is 0 Å². The molecule has 226 valence electrons. The Balaban J connectivity index is 1.27. The second kappa shape index (κ2) is 11.8. The van der Waals surface area contributed by atoms with Crippen LogP contribution in [0.3, 0.4) is 0 Å². The van der Waals surface area contributed by atoms with E-state index in [1.165, 1.54) is 32.4 Å². The SMILES string of the molecule is COc1cc(F)c(OC2CCC(C)(C(=O)O)CC2)cc1C(=O)NC1C2CCC(C2)C1C(=O)NCC1(C)CCCCC1. The second-order valence-corrected chi connectivity index (χ2v) is 13.6. The molecule has 4 unspecified atom stereocenters. The van der Waals surface area contributed by atoms with E-state index in [1.807, 2.05) is 0 Å². The fraction of sp³-hybridized carbons (Fsp3) is 0.719. The number of ether oxygens (including phenoxy) is 2. The maximum absolute atomic E-state index is 15.0. The van der Waals surface area contributed by atoms with Gasteiger partial charge in [-0.2, -0.15) is 0 Å². The Morgan fingerprint density at radius 1 is 0.976 bits per heavy atom. The van der Waals surface area contributed by atoms with Crippen molar-refractivity contribution in [1.82, 2.24) is 10.6 Å². The number of aliphatic carboxylic acids is 1. The predicted molar refractivity (Wildman–Crippen MR) is 151 cm³/mol. The summed E-state index contributed by atoms with van der Waals surface area (Å²) in [5.74, 6) is -1.61. The van der Waals surface area contributed by atoms with Crippen LogP contribution in [0.4, 0.5) is 4.39 Å². The van der Waals surface area contributed by atoms with Crippen LogP contribution in [0, 0.1) is 34.4 Å². The van der Waals surface area contributed by atoms with Crippen LogP contribution in [-0.2, 0) is 9.59 Å². The molecular formula is C32H45FN2O6. The maximum atomic E-state index is 15.0. The molecule has 5 rings (SSSR count). The van der Waals surface area contributed by atoms with Crippen LogP contribution in [0.2, 0.25) is 0 Å². The Morgan fingerprint density at radius 3 is 2.32 bits per heavy atom. The second-order valence-electron chi connectivity index (χ2n) is 13.6. The minimum Gasteiger partial charge on any atom is -0.496 e. The largest absolute Gasteiger partial charge is 0.496 e. The minimum atomic E-state index is -0.832. The lowest BCUT2D eigenvalue weighted by Gasteiger charge is -2.36. The molecule has 1 aromatic rings. The standard InChI is InChI=1S/C32H45FN2O6/c1-31(11-5-4-6-12-31)18-34-29(37)26-19-7-8-20(15-19)27(26)35-28(36)22-16-25(23(33)17-24(22)40-3)41-21-9-13-32(2,14-10-21)30(38)39/h16-17,19-21,26-27H,4-15,18H2,1-3H3,(H,34,37)(H,35,36)(H,38,39). The van der Waals surface area contributed by atoms with Gasteiger partial charge in [0.15, 0.2) is 11.6 Å². The number of methoxy groups -OCH3 is 1. The Morgan fingerprint density at radius 2 is 1.66 bits per heavy atom. The summed E-state index contributed by atoms with van der Waals surface area (Å²) in [6, 6.07) is 2.25. The number of amides is 2. The number of hydrogen-bond donors (Lipinski definition) is 3. The van der Waals surface area contributed by atoms with Crippen molar-refractivity contribution in [2.75, 3.05) is 13.7 Å². The number of carbonyl (C=O) groups excluding carboxylic acids is 2. The molecule has 0 aromatic heterocycles. The zero-order chi connectivity index (χ0) is 29.4. The van der Waals surface area contributed by atoms with E-state index in [0.717, 1.165) is 38.2 Å². The van der Waals surface area contributed by atoms with Crippen LogP contribution in [0.25, 0.3) is 0 Å². The highest BCUT2D eigenvalue weighted by Crippen LogP contribution is 2.49. The first-order chi connectivity index (χ1) is 19.5. The lowest BCUT2D eigenvalue weighted by Crippen LogP contribution is -2.51. The van der Waals surface area contributed by atoms with E-state index < -0.39 is 23.1 Å². The van der Waals surface area contributed by atoms with Crippen molar-refractivity contribution in [3.8, 4) is 11.5 Å². The van der Waals surface area contributed by atoms with Gasteiger partial charge in [-0.25, -0.2) is 4.39 Å². The molecule has 8 nitrogen and oxygen atoms in total. The molecule has 0 aliphatic heterocycles. The van der Waals surface area contributed by atoms with Gasteiger partial charge < -0.3 is 25.2 Å². The third kappa shape index (κ3) is 6.19. The molecule has 2 amide bonds. The van der Waals surface area contributed by atoms with Crippen LogP contribution < -0.4 is 20.1 Å². The fourth-order valence-corrected chi connectivity index (χ4v) is 7.82. The van der Waals surface area contributed by atoms with Gasteiger partial charge in [-0.05, 0) is 88.0 Å². The third-order valence-electron chi connectivity index (χ3n) is 10.6. The van der Waals surface area contributed by atoms with Gasteiger partial charge in [0.2, 0.25) is 5.91 Å². The zero-order valence-corrected chi connectivity index (χ0v) is 24.6. The van der Waals surface area contributed by atoms with Gasteiger partial charge in [0.05, 0.1) is 30.1 Å². The zero-order valence-electron chi connectivity index (χ0n) is 24.6. The van der Waals surface area contributed by atoms with Gasteiger partial charge >= 0.3 is 5.97 Å². The number of carbonyl (C=O) groups is 3. The van der Waals surface area contributed by atoms with E-state index in [0.29, 0.717) is 32.2 Å². The number of rotatable bonds is 9. The quantitative estimate of drug-likeness (QED) is 0.361. The topological polar surface area (TPSA) is 114 Å². The Labute approximate surface area is 242 Å². The summed E-state index contributed by atoms with van der Waals surface area (Å²) in [4.78, 5) is 38.7. The van der Waals surface area contributed by atoms with E-state index in [9.17, 15) is 23.9 Å². The van der Waals surface area contributed by atoms with Crippen LogP contribution in [0.1, 0.15) is 101 Å². The molecule has 0 heterocycles. The summed E-state index contributed by atoms with van der Waals surface area (Å²) >= 11 is 0. The lowest BCUT2D eigenvalue weighted by atomic mass is 9.75. The number of fused-ring (bicyclic) bond motifs is 2. The van der Waals surface area contributed by atoms with Gasteiger partial charge in [0.25, 0.3) is 5.91 Å². The highest BCUT2D eigenvalue weighted by atomic mass is 19.1. The first-order valence-electron chi connectivity index (χ1n) is 15.4. The first-order valence-corrected chi connectivity index (χ1v) is 15.4. The van der Waals surface area contributed by atoms with Gasteiger partial charge in [-0.1, -0.05) is 26.2 Å². The van der Waals surface area contributed by atoms with E-state index >= 15 is 0 Å². The van der Waals surface area contributed by atoms with E-state index in [-0.39, 0.29) is 58.3 Å². The Kier molecular flexibility index (Phi) is 8.53. The summed E-state index contributed by atoms with van der Waals surface area (Å²) in [7, 11) is 1.39. The van der Waals surface area contributed by atoms with E-state index in [2.05, 4.69) is 17.6 Å². The molecule has 1 aromatic carbocycles. The minimum absolute atomic E-state index is 0.0232. The number of benzene rings is 1. The molecule has 0 radical (unpaired) electrons. The van der Waals surface area contributed by atoms with Crippen LogP contribution >= 0.6 is 0 Å². The van der Waals surface area contributed by atoms with Crippen molar-refractivity contribution < 1.29 is 33.4 Å². The molecular weight excluding hydrogens is 527 g/mol. The lowest BCUT2D eigenvalue weighted by molar-refractivity contribution is -0.150. The molecule has 2 bridgehead atoms. The van der Waals surface area contributed by atoms with Crippen molar-refractivity contribution in [2.24, 2.45) is 28.6 Å². The monoisotopic (exact) mass is 572 g/mol. The molecule has 41 heavy (non-hydrogen) atoms. The Hall–Kier alpha value is -2.84. The van der Waals surface area contributed by atoms with Crippen LogP contribution in [0.5, 0.6) is 11.5 Å². The highest BCUT2D eigenvalue weighted by Gasteiger charge is 2.51. The molecule has 4 aliphatic rings. The number of hydrogen-bond acceptors (Lipinski definition) is 5. The van der Waals surface area contributed by atoms with Gasteiger partial charge in [-0.3, -0.25) is 14.4 Å². The highest BCUT2D eigenvalue weighted by molar-refractivity contribution is 5.98. The normalized spacial score (nSPS) is 32.2. The summed E-state index contributed by atoms with van der Waals surface area (Å²) in [6.45, 7) is 4.65. The molecule has 4 aliphatic carbocycles. The predicted octanol–water partition coefficient (Wildman–Crippen LogP) is 5.48. The molecule has 4 fully saturated rings. The van der Waals surface area contributed by atoms with Gasteiger partial charge in [0.1, 0.15) is 5.75 Å². The first kappa shape index (κ1) is 29.6. The molecule has 0 saturated heterocycles. The smallest absolute Gasteiger partial charge is 0.309 e. The molecule has 4 saturated carbocycles. The summed E-state index contributed by atoms with van der Waals surface area (Å²) in [5.41, 5.74) is -0.514. The van der Waals surface area contributed by atoms with Crippen molar-refractivity contribution in [3.63, 3.8) is 0 Å². The summed E-state index contributed by atoms with van der Waals surface area (Å²) < 4.78 is 26.3. The van der Waals surface area contributed by atoms with Crippen molar-refractivity contribution in [2.45, 2.75) is 103 Å². The van der Waals surface area contributed by atoms with E-state index in [1.54, 1.807) is 6.92 Å². The molecule has 0 spiro atoms. The Bertz CT molecular complexity index is 1160. The number of carboxylic acids is 1. The molecule has 9 heteroatoms. The van der Waals surface area contributed by atoms with E-state index in [4.69, 9.17) is 9.47 Å². The van der Waals surface area contributed by atoms with Crippen molar-refractivity contribution in [3.05, 3.63) is 23.5 Å². The average Bonchev–Trinajstić information content (AvgIpc) is 3.56. The van der Waals surface area contributed by atoms with Crippen molar-refractivity contribution >= 4 is 17.8 Å². The maximum Gasteiger partial charge on any atom is 0.309 e. The van der Waals surface area contributed by atoms with Crippen molar-refractivity contribution in [1.29, 1.82) is 0 Å². The number of nitrogens with one attached hydrogen (secondary N) is 2.